The third-order valence-electron chi connectivity index (χ3n) is 5.46. The highest BCUT2D eigenvalue weighted by Gasteiger charge is 2.22. The van der Waals surface area contributed by atoms with Gasteiger partial charge in [0.05, 0.1) is 36.2 Å². The lowest BCUT2D eigenvalue weighted by molar-refractivity contribution is 0.297. The van der Waals surface area contributed by atoms with Crippen LogP contribution in [-0.2, 0) is 10.0 Å². The summed E-state index contributed by atoms with van der Waals surface area (Å²) < 4.78 is 39.4. The van der Waals surface area contributed by atoms with Crippen LogP contribution in [0.15, 0.2) is 59.9 Å². The number of ether oxygens (including phenoxy) is 2. The number of rotatable bonds is 5. The lowest BCUT2D eigenvalue weighted by Crippen LogP contribution is -2.47. The van der Waals surface area contributed by atoms with Crippen LogP contribution in [0.1, 0.15) is 6.42 Å². The smallest absolute Gasteiger partial charge is 0.262 e. The van der Waals surface area contributed by atoms with Gasteiger partial charge in [-0.15, -0.1) is 0 Å². The zero-order valence-electron chi connectivity index (χ0n) is 17.9. The highest BCUT2D eigenvalue weighted by Crippen LogP contribution is 2.32. The minimum atomic E-state index is -3.83. The zero-order chi connectivity index (χ0) is 22.7. The maximum Gasteiger partial charge on any atom is 0.262 e. The fraction of sp³-hybridized carbons (Fsp3) is 0.318. The zero-order valence-corrected chi connectivity index (χ0v) is 18.7. The van der Waals surface area contributed by atoms with Crippen molar-refractivity contribution in [3.63, 3.8) is 0 Å². The maximum absolute atomic E-state index is 12.8. The van der Waals surface area contributed by atoms with Crippen LogP contribution in [0.25, 0.3) is 0 Å². The van der Waals surface area contributed by atoms with Gasteiger partial charge < -0.3 is 19.3 Å². The molecule has 0 unspecified atom stereocenters. The molecule has 1 fully saturated rings. The van der Waals surface area contributed by atoms with Crippen LogP contribution < -0.4 is 24.0 Å². The van der Waals surface area contributed by atoms with Gasteiger partial charge >= 0.3 is 0 Å². The molecule has 0 spiro atoms. The largest absolute Gasteiger partial charge is 0.490 e. The first-order valence-corrected chi connectivity index (χ1v) is 12.2. The molecule has 4 heterocycles. The van der Waals surface area contributed by atoms with E-state index >= 15 is 0 Å². The first-order chi connectivity index (χ1) is 16.1. The fourth-order valence-electron chi connectivity index (χ4n) is 3.74. The minimum Gasteiger partial charge on any atom is -0.490 e. The highest BCUT2D eigenvalue weighted by molar-refractivity contribution is 7.92. The van der Waals surface area contributed by atoms with Gasteiger partial charge in [-0.05, 0) is 24.3 Å². The second-order valence-electron chi connectivity index (χ2n) is 7.70. The van der Waals surface area contributed by atoms with E-state index in [4.69, 9.17) is 9.47 Å². The van der Waals surface area contributed by atoms with Gasteiger partial charge in [0, 0.05) is 44.9 Å². The molecule has 1 aromatic carbocycles. The van der Waals surface area contributed by atoms with E-state index in [0.717, 1.165) is 38.4 Å². The molecule has 0 bridgehead atoms. The predicted molar refractivity (Wildman–Crippen MR) is 124 cm³/mol. The summed E-state index contributed by atoms with van der Waals surface area (Å²) in [5, 5.41) is 0. The van der Waals surface area contributed by atoms with Crippen LogP contribution in [0.3, 0.4) is 0 Å². The number of pyridine rings is 1. The molecule has 172 valence electrons. The van der Waals surface area contributed by atoms with E-state index in [0.29, 0.717) is 30.7 Å². The van der Waals surface area contributed by atoms with E-state index in [1.54, 1.807) is 12.3 Å². The number of piperazine rings is 1. The minimum absolute atomic E-state index is 0.0847. The van der Waals surface area contributed by atoms with E-state index in [9.17, 15) is 8.42 Å². The van der Waals surface area contributed by atoms with Crippen LogP contribution in [0, 0.1) is 0 Å². The Kier molecular flexibility index (Phi) is 5.86. The van der Waals surface area contributed by atoms with Crippen molar-refractivity contribution in [3.05, 3.63) is 55.0 Å². The van der Waals surface area contributed by atoms with E-state index in [2.05, 4.69) is 29.5 Å². The number of aromatic nitrogens is 3. The number of hydrogen-bond donors (Lipinski definition) is 1. The molecule has 2 aromatic heterocycles. The third-order valence-corrected chi connectivity index (χ3v) is 6.83. The van der Waals surface area contributed by atoms with Crippen molar-refractivity contribution < 1.29 is 17.9 Å². The van der Waals surface area contributed by atoms with Gasteiger partial charge in [0.15, 0.2) is 11.5 Å². The average Bonchev–Trinajstić information content (AvgIpc) is 3.10. The second kappa shape index (κ2) is 9.10. The second-order valence-corrected chi connectivity index (χ2v) is 9.38. The molecule has 0 saturated carbocycles. The summed E-state index contributed by atoms with van der Waals surface area (Å²) in [6, 6.07) is 10.4. The van der Waals surface area contributed by atoms with Gasteiger partial charge in [-0.1, -0.05) is 6.07 Å². The molecule has 33 heavy (non-hydrogen) atoms. The molecule has 0 radical (unpaired) electrons. The Morgan fingerprint density at radius 2 is 1.58 bits per heavy atom. The summed E-state index contributed by atoms with van der Waals surface area (Å²) in [6.07, 6.45) is 5.50. The average molecular weight is 469 g/mol. The van der Waals surface area contributed by atoms with Gasteiger partial charge in [0.2, 0.25) is 5.95 Å². The Bertz CT molecular complexity index is 1200. The first-order valence-electron chi connectivity index (χ1n) is 10.7. The summed E-state index contributed by atoms with van der Waals surface area (Å²) in [6.45, 7) is 4.13. The van der Waals surface area contributed by atoms with E-state index < -0.39 is 10.0 Å². The predicted octanol–water partition coefficient (Wildman–Crippen LogP) is 2.16. The Hall–Kier alpha value is -3.60. The molecule has 5 rings (SSSR count). The number of sulfonamides is 1. The molecule has 11 heteroatoms. The Morgan fingerprint density at radius 3 is 2.30 bits per heavy atom. The summed E-state index contributed by atoms with van der Waals surface area (Å²) in [5.41, 5.74) is 0.290. The van der Waals surface area contributed by atoms with Gasteiger partial charge in [-0.25, -0.2) is 23.4 Å². The number of fused-ring (bicyclic) bond motifs is 1. The van der Waals surface area contributed by atoms with Crippen LogP contribution in [-0.4, -0.2) is 62.8 Å². The Labute approximate surface area is 192 Å². The maximum atomic E-state index is 12.8. The van der Waals surface area contributed by atoms with Crippen molar-refractivity contribution in [1.82, 2.24) is 15.0 Å². The normalized spacial score (nSPS) is 16.2. The molecular formula is C22H24N6O4S. The van der Waals surface area contributed by atoms with Gasteiger partial charge in [-0.3, -0.25) is 4.72 Å². The van der Waals surface area contributed by atoms with Crippen molar-refractivity contribution in [2.24, 2.45) is 0 Å². The van der Waals surface area contributed by atoms with E-state index in [1.165, 1.54) is 24.5 Å². The summed E-state index contributed by atoms with van der Waals surface area (Å²) in [7, 11) is -3.83. The van der Waals surface area contributed by atoms with E-state index in [-0.39, 0.29) is 10.6 Å². The molecule has 1 N–H and O–H groups in total. The molecule has 3 aromatic rings. The molecule has 2 aliphatic rings. The molecule has 10 nitrogen and oxygen atoms in total. The van der Waals surface area contributed by atoms with Crippen molar-refractivity contribution in [3.8, 4) is 11.5 Å². The number of benzene rings is 1. The molecule has 1 saturated heterocycles. The number of nitrogens with zero attached hydrogens (tertiary/aromatic N) is 5. The Morgan fingerprint density at radius 1 is 0.848 bits per heavy atom. The lowest BCUT2D eigenvalue weighted by Gasteiger charge is -2.35. The first kappa shape index (κ1) is 21.3. The third kappa shape index (κ3) is 4.77. The lowest BCUT2D eigenvalue weighted by atomic mass is 10.3. The molecule has 0 atom stereocenters. The molecule has 2 aliphatic heterocycles. The molecular weight excluding hydrogens is 444 g/mol. The van der Waals surface area contributed by atoms with Crippen LogP contribution in [0.5, 0.6) is 11.5 Å². The van der Waals surface area contributed by atoms with Crippen molar-refractivity contribution in [1.29, 1.82) is 0 Å². The SMILES string of the molecule is O=S(=O)(Nc1cnc(N2CCN(c3ccccn3)CC2)nc1)c1ccc2c(c1)OCCCO2. The monoisotopic (exact) mass is 468 g/mol. The molecule has 0 aliphatic carbocycles. The van der Waals surface area contributed by atoms with Crippen LogP contribution in [0.4, 0.5) is 17.5 Å². The number of anilines is 3. The van der Waals surface area contributed by atoms with Crippen molar-refractivity contribution in [2.45, 2.75) is 11.3 Å². The topological polar surface area (TPSA) is 110 Å². The van der Waals surface area contributed by atoms with Crippen molar-refractivity contribution >= 4 is 27.5 Å². The Balaban J connectivity index is 1.23. The standard InChI is InChI=1S/C22H24N6O4S/c29-33(30,18-5-6-19-20(14-18)32-13-3-12-31-19)26-17-15-24-22(25-16-17)28-10-8-27(9-11-28)21-4-1-2-7-23-21/h1-2,4-7,14-16,26H,3,8-13H2. The number of hydrogen-bond acceptors (Lipinski definition) is 9. The van der Waals surface area contributed by atoms with E-state index in [1.807, 2.05) is 18.2 Å². The van der Waals surface area contributed by atoms with Gasteiger partial charge in [0.1, 0.15) is 5.82 Å². The summed E-state index contributed by atoms with van der Waals surface area (Å²) in [5.74, 6) is 2.49. The van der Waals surface area contributed by atoms with Gasteiger partial charge in [-0.2, -0.15) is 0 Å². The van der Waals surface area contributed by atoms with Crippen LogP contribution >= 0.6 is 0 Å². The quantitative estimate of drug-likeness (QED) is 0.602. The number of nitrogens with one attached hydrogen (secondary N) is 1. The van der Waals surface area contributed by atoms with Crippen LogP contribution in [0.2, 0.25) is 0 Å². The highest BCUT2D eigenvalue weighted by atomic mass is 32.2. The molecule has 0 amide bonds. The fourth-order valence-corrected chi connectivity index (χ4v) is 4.78. The van der Waals surface area contributed by atoms with Gasteiger partial charge in [0.25, 0.3) is 10.0 Å². The summed E-state index contributed by atoms with van der Waals surface area (Å²) >= 11 is 0. The van der Waals surface area contributed by atoms with Crippen molar-refractivity contribution in [2.75, 3.05) is 53.9 Å². The summed E-state index contributed by atoms with van der Waals surface area (Å²) in [4.78, 5) is 17.5.